The Morgan fingerprint density at radius 1 is 1.08 bits per heavy atom. The number of benzene rings is 2. The molecule has 0 bridgehead atoms. The van der Waals surface area contributed by atoms with Crippen molar-refractivity contribution in [3.8, 4) is 5.75 Å². The number of ketones is 1. The van der Waals surface area contributed by atoms with E-state index < -0.39 is 34.6 Å². The lowest BCUT2D eigenvalue weighted by Gasteiger charge is -2.50. The molecule has 2 aromatic carbocycles. The SMILES string of the molecule is CCC1=C(C(=O)O)C2(C(=O)O)c3[nH]c4ccccc4c3CCN2C(CC)=C1C(=O)c1cc(Cl)cc(Cl)c1O. The monoisotopic (exact) mass is 554 g/mol. The predicted molar refractivity (Wildman–Crippen MR) is 143 cm³/mol. The summed E-state index contributed by atoms with van der Waals surface area (Å²) in [5, 5.41) is 32.9. The molecule has 196 valence electrons. The lowest BCUT2D eigenvalue weighted by molar-refractivity contribution is -0.153. The topological polar surface area (TPSA) is 131 Å². The van der Waals surface area contributed by atoms with Gasteiger partial charge < -0.3 is 25.2 Å². The molecule has 1 aromatic heterocycles. The highest BCUT2D eigenvalue weighted by molar-refractivity contribution is 6.37. The van der Waals surface area contributed by atoms with Gasteiger partial charge >= 0.3 is 11.9 Å². The van der Waals surface area contributed by atoms with Gasteiger partial charge in [-0.1, -0.05) is 55.2 Å². The Kier molecular flexibility index (Phi) is 6.28. The number of fused-ring (bicyclic) bond motifs is 5. The van der Waals surface area contributed by atoms with Crippen molar-refractivity contribution in [2.75, 3.05) is 6.54 Å². The van der Waals surface area contributed by atoms with E-state index in [1.54, 1.807) is 13.8 Å². The van der Waals surface area contributed by atoms with Crippen LogP contribution < -0.4 is 0 Å². The minimum atomic E-state index is -2.09. The number of aromatic amines is 1. The highest BCUT2D eigenvalue weighted by Gasteiger charge is 2.60. The quantitative estimate of drug-likeness (QED) is 0.288. The summed E-state index contributed by atoms with van der Waals surface area (Å²) in [5.41, 5.74) is -0.489. The molecule has 0 fully saturated rings. The predicted octanol–water partition coefficient (Wildman–Crippen LogP) is 5.67. The van der Waals surface area contributed by atoms with E-state index in [9.17, 15) is 29.7 Å². The number of H-pyrrole nitrogens is 1. The number of rotatable bonds is 6. The maximum Gasteiger partial charge on any atom is 0.340 e. The second-order valence-electron chi connectivity index (χ2n) is 9.24. The number of para-hydroxylation sites is 1. The van der Waals surface area contributed by atoms with Crippen LogP contribution in [-0.2, 0) is 21.5 Å². The Labute approximate surface area is 227 Å². The van der Waals surface area contributed by atoms with Crippen LogP contribution in [0.2, 0.25) is 10.0 Å². The number of hydrogen-bond acceptors (Lipinski definition) is 5. The highest BCUT2D eigenvalue weighted by Crippen LogP contribution is 2.52. The van der Waals surface area contributed by atoms with Crippen LogP contribution in [0.15, 0.2) is 58.8 Å². The highest BCUT2D eigenvalue weighted by atomic mass is 35.5. The van der Waals surface area contributed by atoms with Crippen LogP contribution in [-0.4, -0.2) is 49.5 Å². The number of hydrogen-bond donors (Lipinski definition) is 4. The molecule has 0 spiro atoms. The Balaban J connectivity index is 1.89. The van der Waals surface area contributed by atoms with Gasteiger partial charge in [-0.2, -0.15) is 0 Å². The molecule has 10 heteroatoms. The van der Waals surface area contributed by atoms with Crippen LogP contribution in [0, 0.1) is 0 Å². The molecular formula is C28H24Cl2N2O6. The summed E-state index contributed by atoms with van der Waals surface area (Å²) < 4.78 is 0. The van der Waals surface area contributed by atoms with Gasteiger partial charge in [-0.05, 0) is 48.6 Å². The zero-order valence-corrected chi connectivity index (χ0v) is 22.1. The zero-order chi connectivity index (χ0) is 27.5. The third kappa shape index (κ3) is 3.40. The Morgan fingerprint density at radius 2 is 1.79 bits per heavy atom. The fourth-order valence-corrected chi connectivity index (χ4v) is 6.51. The van der Waals surface area contributed by atoms with Crippen molar-refractivity contribution in [3.05, 3.63) is 85.7 Å². The smallest absolute Gasteiger partial charge is 0.340 e. The van der Waals surface area contributed by atoms with Crippen LogP contribution in [0.25, 0.3) is 10.9 Å². The summed E-state index contributed by atoms with van der Waals surface area (Å²) in [4.78, 5) is 45.1. The minimum Gasteiger partial charge on any atom is -0.506 e. The first kappa shape index (κ1) is 25.9. The Hall–Kier alpha value is -3.75. The molecule has 3 aromatic rings. The number of Topliss-reactive ketones (excluding diaryl/α,β-unsaturated/α-hetero) is 1. The van der Waals surface area contributed by atoms with E-state index in [1.165, 1.54) is 17.0 Å². The van der Waals surface area contributed by atoms with Gasteiger partial charge in [0, 0.05) is 33.7 Å². The van der Waals surface area contributed by atoms with Gasteiger partial charge in [0.15, 0.2) is 5.78 Å². The van der Waals surface area contributed by atoms with Gasteiger partial charge in [-0.15, -0.1) is 0 Å². The van der Waals surface area contributed by atoms with E-state index in [2.05, 4.69) is 4.98 Å². The number of phenols is 1. The van der Waals surface area contributed by atoms with Gasteiger partial charge in [-0.3, -0.25) is 4.79 Å². The maximum absolute atomic E-state index is 14.0. The molecule has 8 nitrogen and oxygen atoms in total. The van der Waals surface area contributed by atoms with Crippen molar-refractivity contribution in [1.82, 2.24) is 9.88 Å². The van der Waals surface area contributed by atoms with Crippen LogP contribution in [0.4, 0.5) is 0 Å². The zero-order valence-electron chi connectivity index (χ0n) is 20.6. The number of carbonyl (C=O) groups is 3. The molecule has 5 rings (SSSR count). The van der Waals surface area contributed by atoms with Crippen molar-refractivity contribution in [3.63, 3.8) is 0 Å². The fraction of sp³-hybridized carbons (Fsp3) is 0.250. The number of aromatic nitrogens is 1. The number of aliphatic carboxylic acids is 2. The van der Waals surface area contributed by atoms with E-state index >= 15 is 0 Å². The van der Waals surface area contributed by atoms with Crippen molar-refractivity contribution in [2.24, 2.45) is 0 Å². The summed E-state index contributed by atoms with van der Waals surface area (Å²) >= 11 is 12.2. The molecule has 2 aliphatic rings. The summed E-state index contributed by atoms with van der Waals surface area (Å²) in [6.07, 6.45) is 0.721. The third-order valence-electron chi connectivity index (χ3n) is 7.46. The Bertz CT molecular complexity index is 1620. The second-order valence-corrected chi connectivity index (χ2v) is 10.1. The average molecular weight is 555 g/mol. The third-order valence-corrected chi connectivity index (χ3v) is 7.96. The number of halogens is 2. The fourth-order valence-electron chi connectivity index (χ4n) is 6.02. The molecule has 0 amide bonds. The molecule has 1 atom stereocenters. The Morgan fingerprint density at radius 3 is 2.42 bits per heavy atom. The number of carboxylic acid groups (broad SMARTS) is 2. The van der Waals surface area contributed by atoms with E-state index in [4.69, 9.17) is 23.2 Å². The summed E-state index contributed by atoms with van der Waals surface area (Å²) in [6, 6.07) is 9.92. The minimum absolute atomic E-state index is 0.0393. The number of phenolic OH excluding ortho intramolecular Hbond substituents is 1. The number of allylic oxidation sites excluding steroid dienone is 3. The lowest BCUT2D eigenvalue weighted by atomic mass is 9.70. The summed E-state index contributed by atoms with van der Waals surface area (Å²) in [5.74, 6) is -3.97. The van der Waals surface area contributed by atoms with Gasteiger partial charge in [0.2, 0.25) is 5.54 Å². The molecule has 1 unspecified atom stereocenters. The first-order valence-electron chi connectivity index (χ1n) is 12.1. The van der Waals surface area contributed by atoms with Gasteiger partial charge in [-0.25, -0.2) is 9.59 Å². The molecule has 2 aliphatic heterocycles. The standard InChI is InChI=1S/C28H24Cl2N2O6/c1-3-14-21(24(34)17-11-13(29)12-18(30)23(17)33)20(4-2)32-10-9-16-15-7-5-6-8-19(15)31-25(16)28(32,27(37)38)22(14)26(35)36/h5-8,11-12,31,33H,3-4,9-10H2,1-2H3,(H,35,36)(H,37,38). The molecule has 3 heterocycles. The maximum atomic E-state index is 14.0. The molecule has 38 heavy (non-hydrogen) atoms. The van der Waals surface area contributed by atoms with Crippen LogP contribution in [0.5, 0.6) is 5.75 Å². The van der Waals surface area contributed by atoms with Crippen LogP contribution >= 0.6 is 23.2 Å². The number of nitrogens with one attached hydrogen (secondary N) is 1. The molecular weight excluding hydrogens is 531 g/mol. The lowest BCUT2D eigenvalue weighted by Crippen LogP contribution is -2.60. The van der Waals surface area contributed by atoms with Crippen molar-refractivity contribution in [1.29, 1.82) is 0 Å². The van der Waals surface area contributed by atoms with Crippen LogP contribution in [0.1, 0.15) is 48.3 Å². The second kappa shape index (κ2) is 9.22. The molecule has 4 N–H and O–H groups in total. The molecule has 0 saturated carbocycles. The number of nitrogens with zero attached hydrogens (tertiary/aromatic N) is 1. The average Bonchev–Trinajstić information content (AvgIpc) is 3.27. The van der Waals surface area contributed by atoms with E-state index in [0.29, 0.717) is 17.6 Å². The summed E-state index contributed by atoms with van der Waals surface area (Å²) in [7, 11) is 0. The van der Waals surface area contributed by atoms with E-state index in [-0.39, 0.29) is 51.8 Å². The number of carbonyl (C=O) groups excluding carboxylic acids is 1. The van der Waals surface area contributed by atoms with Crippen LogP contribution in [0.3, 0.4) is 0 Å². The van der Waals surface area contributed by atoms with E-state index in [0.717, 1.165) is 10.9 Å². The number of carboxylic acids is 2. The van der Waals surface area contributed by atoms with Gasteiger partial charge in [0.1, 0.15) is 5.75 Å². The summed E-state index contributed by atoms with van der Waals surface area (Å²) in [6.45, 7) is 3.61. The van der Waals surface area contributed by atoms with E-state index in [1.807, 2.05) is 24.3 Å². The van der Waals surface area contributed by atoms with Crippen molar-refractivity contribution >= 4 is 51.8 Å². The number of aromatic hydroxyl groups is 1. The van der Waals surface area contributed by atoms with Gasteiger partial charge in [0.25, 0.3) is 0 Å². The molecule has 0 aliphatic carbocycles. The molecule has 0 saturated heterocycles. The first-order valence-corrected chi connectivity index (χ1v) is 12.9. The largest absolute Gasteiger partial charge is 0.506 e. The van der Waals surface area contributed by atoms with Crippen molar-refractivity contribution < 1.29 is 29.7 Å². The van der Waals surface area contributed by atoms with Crippen molar-refractivity contribution in [2.45, 2.75) is 38.6 Å². The normalized spacial score (nSPS) is 19.0. The first-order chi connectivity index (χ1) is 18.1. The van der Waals surface area contributed by atoms with Gasteiger partial charge in [0.05, 0.1) is 21.9 Å². The molecule has 0 radical (unpaired) electrons.